The van der Waals surface area contributed by atoms with E-state index in [4.69, 9.17) is 4.52 Å². The van der Waals surface area contributed by atoms with E-state index >= 15 is 0 Å². The number of rotatable bonds is 10. The molecule has 2 N–H and O–H groups in total. The predicted molar refractivity (Wildman–Crippen MR) is 113 cm³/mol. The van der Waals surface area contributed by atoms with Crippen LogP contribution in [0.2, 0.25) is 0 Å². The Hall–Kier alpha value is -1.86. The molecule has 2 heterocycles. The van der Waals surface area contributed by atoms with E-state index in [0.29, 0.717) is 18.5 Å². The van der Waals surface area contributed by atoms with Gasteiger partial charge in [-0.05, 0) is 45.3 Å². The van der Waals surface area contributed by atoms with E-state index in [0.717, 1.165) is 43.3 Å². The van der Waals surface area contributed by atoms with E-state index in [1.165, 1.54) is 4.88 Å². The van der Waals surface area contributed by atoms with Crippen molar-refractivity contribution in [2.75, 3.05) is 27.2 Å². The molecule has 2 aromatic rings. The van der Waals surface area contributed by atoms with Gasteiger partial charge in [0.2, 0.25) is 0 Å². The number of thiophene rings is 1. The third-order valence-electron chi connectivity index (χ3n) is 4.68. The van der Waals surface area contributed by atoms with E-state index < -0.39 is 0 Å². The summed E-state index contributed by atoms with van der Waals surface area (Å²) in [6.07, 6.45) is 2.15. The molecule has 0 aliphatic heterocycles. The molecule has 0 fully saturated rings. The third-order valence-corrected chi connectivity index (χ3v) is 5.65. The zero-order chi connectivity index (χ0) is 19.6. The molecule has 0 spiro atoms. The summed E-state index contributed by atoms with van der Waals surface area (Å²) in [4.78, 5) is 8.23. The van der Waals surface area contributed by atoms with Gasteiger partial charge < -0.3 is 20.1 Å². The first kappa shape index (κ1) is 21.4. The van der Waals surface area contributed by atoms with Crippen molar-refractivity contribution < 1.29 is 4.52 Å². The molecule has 1 atom stereocenters. The van der Waals surface area contributed by atoms with Crippen molar-refractivity contribution in [1.29, 1.82) is 0 Å². The SMILES string of the molecule is CCNC(=NCc1cc(C(CC)CC)no1)NCC(c1cccs1)N(C)C. The molecule has 0 radical (unpaired) electrons. The molecule has 6 nitrogen and oxygen atoms in total. The summed E-state index contributed by atoms with van der Waals surface area (Å²) in [5.74, 6) is 2.06. The van der Waals surface area contributed by atoms with Crippen LogP contribution in [-0.4, -0.2) is 43.2 Å². The van der Waals surface area contributed by atoms with E-state index in [-0.39, 0.29) is 0 Å². The molecule has 2 rings (SSSR count). The average molecular weight is 392 g/mol. The highest BCUT2D eigenvalue weighted by Crippen LogP contribution is 2.23. The van der Waals surface area contributed by atoms with E-state index in [1.54, 1.807) is 11.3 Å². The number of aromatic nitrogens is 1. The Morgan fingerprint density at radius 1 is 1.26 bits per heavy atom. The maximum Gasteiger partial charge on any atom is 0.191 e. The lowest BCUT2D eigenvalue weighted by Gasteiger charge is -2.24. The number of hydrogen-bond donors (Lipinski definition) is 2. The zero-order valence-electron chi connectivity index (χ0n) is 17.2. The van der Waals surface area contributed by atoms with Crippen LogP contribution in [0.1, 0.15) is 61.9 Å². The summed E-state index contributed by atoms with van der Waals surface area (Å²) in [5, 5.41) is 13.1. The minimum Gasteiger partial charge on any atom is -0.359 e. The first-order valence-electron chi connectivity index (χ1n) is 9.76. The predicted octanol–water partition coefficient (Wildman–Crippen LogP) is 4.00. The largest absolute Gasteiger partial charge is 0.359 e. The topological polar surface area (TPSA) is 65.7 Å². The standard InChI is InChI=1S/C20H33N5OS/c1-6-15(7-2)17-12-16(26-24-17)13-22-20(21-8-3)23-14-18(25(4)5)19-10-9-11-27-19/h9-12,15,18H,6-8,13-14H2,1-5H3,(H2,21,22,23). The van der Waals surface area contributed by atoms with Crippen LogP contribution in [0.25, 0.3) is 0 Å². The van der Waals surface area contributed by atoms with Gasteiger partial charge in [-0.2, -0.15) is 0 Å². The van der Waals surface area contributed by atoms with Crippen molar-refractivity contribution in [1.82, 2.24) is 20.7 Å². The lowest BCUT2D eigenvalue weighted by Crippen LogP contribution is -2.41. The highest BCUT2D eigenvalue weighted by atomic mass is 32.1. The van der Waals surface area contributed by atoms with Crippen molar-refractivity contribution in [3.05, 3.63) is 39.9 Å². The van der Waals surface area contributed by atoms with Crippen LogP contribution in [-0.2, 0) is 6.54 Å². The van der Waals surface area contributed by atoms with Gasteiger partial charge in [-0.25, -0.2) is 4.99 Å². The van der Waals surface area contributed by atoms with Gasteiger partial charge in [0.1, 0.15) is 6.54 Å². The Morgan fingerprint density at radius 2 is 2.04 bits per heavy atom. The molecular formula is C20H33N5OS. The first-order chi connectivity index (χ1) is 13.1. The normalized spacial score (nSPS) is 13.4. The fourth-order valence-electron chi connectivity index (χ4n) is 3.01. The van der Waals surface area contributed by atoms with Gasteiger partial charge in [0.15, 0.2) is 11.7 Å². The minimum absolute atomic E-state index is 0.306. The van der Waals surface area contributed by atoms with Crippen LogP contribution >= 0.6 is 11.3 Å². The molecule has 7 heteroatoms. The van der Waals surface area contributed by atoms with Crippen LogP contribution in [0.5, 0.6) is 0 Å². The van der Waals surface area contributed by atoms with E-state index in [2.05, 4.69) is 78.1 Å². The fourth-order valence-corrected chi connectivity index (χ4v) is 3.94. The number of hydrogen-bond acceptors (Lipinski definition) is 5. The molecule has 0 aliphatic carbocycles. The van der Waals surface area contributed by atoms with Crippen molar-refractivity contribution >= 4 is 17.3 Å². The van der Waals surface area contributed by atoms with Crippen molar-refractivity contribution in [3.8, 4) is 0 Å². The second-order valence-corrected chi connectivity index (χ2v) is 7.78. The van der Waals surface area contributed by atoms with Gasteiger partial charge in [-0.1, -0.05) is 25.1 Å². The minimum atomic E-state index is 0.306. The third kappa shape index (κ3) is 6.36. The summed E-state index contributed by atoms with van der Waals surface area (Å²) in [5.41, 5.74) is 1.04. The number of likely N-dealkylation sites (N-methyl/N-ethyl adjacent to an activating group) is 1. The van der Waals surface area contributed by atoms with Gasteiger partial charge in [0, 0.05) is 30.0 Å². The summed E-state index contributed by atoms with van der Waals surface area (Å²) in [7, 11) is 4.20. The van der Waals surface area contributed by atoms with Gasteiger partial charge >= 0.3 is 0 Å². The second-order valence-electron chi connectivity index (χ2n) is 6.80. The van der Waals surface area contributed by atoms with Gasteiger partial charge in [0.05, 0.1) is 11.7 Å². The zero-order valence-corrected chi connectivity index (χ0v) is 18.0. The Bertz CT molecular complexity index is 676. The van der Waals surface area contributed by atoms with Crippen molar-refractivity contribution in [2.45, 2.75) is 52.1 Å². The molecule has 150 valence electrons. The number of guanidine groups is 1. The number of aliphatic imine (C=N–C) groups is 1. The molecular weight excluding hydrogens is 358 g/mol. The Balaban J connectivity index is 1.99. The van der Waals surface area contributed by atoms with Crippen molar-refractivity contribution in [2.24, 2.45) is 4.99 Å². The maximum atomic E-state index is 5.48. The maximum absolute atomic E-state index is 5.48. The lowest BCUT2D eigenvalue weighted by molar-refractivity contribution is 0.302. The van der Waals surface area contributed by atoms with Gasteiger partial charge in [-0.15, -0.1) is 11.3 Å². The van der Waals surface area contributed by atoms with Crippen LogP contribution < -0.4 is 10.6 Å². The molecule has 27 heavy (non-hydrogen) atoms. The van der Waals surface area contributed by atoms with Crippen LogP contribution in [0.4, 0.5) is 0 Å². The van der Waals surface area contributed by atoms with Gasteiger partial charge in [0.25, 0.3) is 0 Å². The van der Waals surface area contributed by atoms with Gasteiger partial charge in [-0.3, -0.25) is 0 Å². The second kappa shape index (κ2) is 11.1. The van der Waals surface area contributed by atoms with E-state index in [9.17, 15) is 0 Å². The molecule has 0 bridgehead atoms. The lowest BCUT2D eigenvalue weighted by atomic mass is 9.99. The molecule has 2 aromatic heterocycles. The smallest absolute Gasteiger partial charge is 0.191 e. The van der Waals surface area contributed by atoms with Crippen molar-refractivity contribution in [3.63, 3.8) is 0 Å². The highest BCUT2D eigenvalue weighted by Gasteiger charge is 2.16. The number of nitrogens with zero attached hydrogens (tertiary/aromatic N) is 3. The van der Waals surface area contributed by atoms with E-state index in [1.807, 2.05) is 6.07 Å². The molecule has 0 saturated heterocycles. The summed E-state index contributed by atoms with van der Waals surface area (Å²) in [6.45, 7) is 8.51. The molecule has 0 aliphatic rings. The highest BCUT2D eigenvalue weighted by molar-refractivity contribution is 7.10. The molecule has 1 unspecified atom stereocenters. The Labute approximate surface area is 167 Å². The average Bonchev–Trinajstić information content (AvgIpc) is 3.33. The summed E-state index contributed by atoms with van der Waals surface area (Å²) in [6, 6.07) is 6.62. The fraction of sp³-hybridized carbons (Fsp3) is 0.600. The van der Waals surface area contributed by atoms with Crippen LogP contribution in [0.3, 0.4) is 0 Å². The monoisotopic (exact) mass is 391 g/mol. The Kier molecular flexibility index (Phi) is 8.81. The van der Waals surface area contributed by atoms with Crippen LogP contribution in [0, 0.1) is 0 Å². The number of nitrogens with one attached hydrogen (secondary N) is 2. The summed E-state index contributed by atoms with van der Waals surface area (Å²) >= 11 is 1.78. The molecule has 0 aromatic carbocycles. The van der Waals surface area contributed by atoms with Crippen LogP contribution in [0.15, 0.2) is 33.1 Å². The first-order valence-corrected chi connectivity index (χ1v) is 10.6. The Morgan fingerprint density at radius 3 is 2.63 bits per heavy atom. The summed E-state index contributed by atoms with van der Waals surface area (Å²) < 4.78 is 5.48. The quantitative estimate of drug-likeness (QED) is 0.473. The molecule has 0 amide bonds. The molecule has 0 saturated carbocycles.